The second-order valence-electron chi connectivity index (χ2n) is 11.8. The Kier molecular flexibility index (Phi) is 8.99. The van der Waals surface area contributed by atoms with E-state index < -0.39 is 17.5 Å². The molecule has 0 atom stereocenters. The first kappa shape index (κ1) is 30.3. The average Bonchev–Trinajstić information content (AvgIpc) is 3.88. The van der Waals surface area contributed by atoms with Crippen LogP contribution in [0.5, 0.6) is 17.2 Å². The minimum absolute atomic E-state index is 0.00786. The number of aromatic nitrogens is 2. The Morgan fingerprint density at radius 2 is 1.52 bits per heavy atom. The third-order valence-corrected chi connectivity index (χ3v) is 8.87. The Bertz CT molecular complexity index is 1460. The molecular formula is C32H39F3N6O3. The maximum absolute atomic E-state index is 15.5. The number of hydrogen-bond acceptors (Lipinski definition) is 9. The molecule has 3 fully saturated rings. The van der Waals surface area contributed by atoms with Gasteiger partial charge in [0.05, 0.1) is 32.2 Å². The van der Waals surface area contributed by atoms with Crippen molar-refractivity contribution in [2.24, 2.45) is 0 Å². The van der Waals surface area contributed by atoms with Crippen LogP contribution in [0.1, 0.15) is 42.7 Å². The number of methoxy groups -OCH3 is 2. The number of hydrogen-bond donors (Lipinski definition) is 1. The number of piperazine rings is 1. The Hall–Kier alpha value is -3.77. The number of benzene rings is 2. The lowest BCUT2D eigenvalue weighted by molar-refractivity contribution is 0.0980. The molecule has 0 spiro atoms. The molecule has 2 aromatic carbocycles. The molecule has 0 radical (unpaired) electrons. The number of nitrogens with zero attached hydrogens (tertiary/aromatic N) is 5. The van der Waals surface area contributed by atoms with Crippen LogP contribution in [0.3, 0.4) is 0 Å². The third kappa shape index (κ3) is 6.51. The molecule has 0 unspecified atom stereocenters. The van der Waals surface area contributed by atoms with E-state index in [-0.39, 0.29) is 35.5 Å². The van der Waals surface area contributed by atoms with Crippen LogP contribution in [-0.4, -0.2) is 86.3 Å². The van der Waals surface area contributed by atoms with Gasteiger partial charge in [-0.1, -0.05) is 0 Å². The van der Waals surface area contributed by atoms with Gasteiger partial charge in [0.1, 0.15) is 23.9 Å². The maximum Gasteiger partial charge on any atom is 0.227 e. The van der Waals surface area contributed by atoms with Crippen LogP contribution in [0.4, 0.5) is 30.5 Å². The lowest BCUT2D eigenvalue weighted by atomic mass is 10.0. The summed E-state index contributed by atoms with van der Waals surface area (Å²) in [4.78, 5) is 15.5. The third-order valence-electron chi connectivity index (χ3n) is 8.87. The van der Waals surface area contributed by atoms with Crippen molar-refractivity contribution in [3.63, 3.8) is 0 Å². The van der Waals surface area contributed by atoms with Crippen molar-refractivity contribution in [1.29, 1.82) is 0 Å². The molecule has 2 saturated heterocycles. The second-order valence-corrected chi connectivity index (χ2v) is 11.8. The SMILES string of the molecule is COc1cc(C2CC2)c(F)c(COc2cnc(Nc3cc(F)c(N4CCC(N5CCN(C)CC5)CC4)c(OC)c3)nc2)c1F. The van der Waals surface area contributed by atoms with Crippen molar-refractivity contribution in [2.45, 2.75) is 44.2 Å². The first-order valence-electron chi connectivity index (χ1n) is 15.2. The van der Waals surface area contributed by atoms with Gasteiger partial charge in [-0.15, -0.1) is 0 Å². The van der Waals surface area contributed by atoms with E-state index in [1.165, 1.54) is 38.7 Å². The van der Waals surface area contributed by atoms with Gasteiger partial charge in [-0.25, -0.2) is 23.1 Å². The Morgan fingerprint density at radius 3 is 2.16 bits per heavy atom. The van der Waals surface area contributed by atoms with E-state index in [0.29, 0.717) is 28.7 Å². The largest absolute Gasteiger partial charge is 0.494 e. The summed E-state index contributed by atoms with van der Waals surface area (Å²) in [5, 5.41) is 3.00. The zero-order valence-electron chi connectivity index (χ0n) is 25.4. The fourth-order valence-corrected chi connectivity index (χ4v) is 6.14. The molecule has 6 rings (SSSR count). The second kappa shape index (κ2) is 13.1. The number of anilines is 3. The number of piperidine rings is 1. The van der Waals surface area contributed by atoms with Gasteiger partial charge in [0.15, 0.2) is 23.1 Å². The van der Waals surface area contributed by atoms with E-state index in [4.69, 9.17) is 14.2 Å². The smallest absolute Gasteiger partial charge is 0.227 e. The molecule has 12 heteroatoms. The monoisotopic (exact) mass is 612 g/mol. The molecule has 236 valence electrons. The summed E-state index contributed by atoms with van der Waals surface area (Å²) in [7, 11) is 5.04. The molecular weight excluding hydrogens is 573 g/mol. The summed E-state index contributed by atoms with van der Waals surface area (Å²) in [6, 6.07) is 5.08. The zero-order valence-corrected chi connectivity index (χ0v) is 25.4. The summed E-state index contributed by atoms with van der Waals surface area (Å²) in [6.07, 6.45) is 6.46. The predicted octanol–water partition coefficient (Wildman–Crippen LogP) is 5.33. The highest BCUT2D eigenvalue weighted by molar-refractivity contribution is 5.68. The Morgan fingerprint density at radius 1 is 0.841 bits per heavy atom. The van der Waals surface area contributed by atoms with Gasteiger partial charge in [-0.2, -0.15) is 0 Å². The van der Waals surface area contributed by atoms with Crippen molar-refractivity contribution in [3.05, 3.63) is 59.2 Å². The van der Waals surface area contributed by atoms with E-state index in [1.807, 2.05) is 0 Å². The van der Waals surface area contributed by atoms with Gasteiger partial charge in [0, 0.05) is 57.1 Å². The molecule has 3 heterocycles. The number of likely N-dealkylation sites (N-methyl/N-ethyl adjacent to an activating group) is 1. The molecule has 1 saturated carbocycles. The molecule has 1 N–H and O–H groups in total. The predicted molar refractivity (Wildman–Crippen MR) is 162 cm³/mol. The molecule has 3 aromatic rings. The number of rotatable bonds is 10. The molecule has 9 nitrogen and oxygen atoms in total. The van der Waals surface area contributed by atoms with Crippen molar-refractivity contribution < 1.29 is 27.4 Å². The van der Waals surface area contributed by atoms with E-state index in [2.05, 4.69) is 37.0 Å². The van der Waals surface area contributed by atoms with Crippen LogP contribution in [-0.2, 0) is 6.61 Å². The van der Waals surface area contributed by atoms with Gasteiger partial charge in [-0.05, 0) is 56.3 Å². The fraction of sp³-hybridized carbons (Fsp3) is 0.500. The molecule has 44 heavy (non-hydrogen) atoms. The van der Waals surface area contributed by atoms with Crippen molar-refractivity contribution in [1.82, 2.24) is 19.8 Å². The highest BCUT2D eigenvalue weighted by Gasteiger charge is 2.31. The normalized spacial score (nSPS) is 18.4. The number of halogens is 3. The summed E-state index contributed by atoms with van der Waals surface area (Å²) in [5.41, 5.74) is 1.14. The van der Waals surface area contributed by atoms with Crippen LogP contribution < -0.4 is 24.4 Å². The topological polar surface area (TPSA) is 75.2 Å². The van der Waals surface area contributed by atoms with Gasteiger partial charge in [-0.3, -0.25) is 4.90 Å². The first-order valence-corrected chi connectivity index (χ1v) is 15.2. The van der Waals surface area contributed by atoms with E-state index in [0.717, 1.165) is 65.0 Å². The molecule has 1 aliphatic carbocycles. The van der Waals surface area contributed by atoms with Crippen molar-refractivity contribution in [2.75, 3.05) is 70.8 Å². The molecule has 3 aliphatic rings. The van der Waals surface area contributed by atoms with Gasteiger partial charge < -0.3 is 29.3 Å². The molecule has 2 aliphatic heterocycles. The summed E-state index contributed by atoms with van der Waals surface area (Å²) in [5.74, 6) is -0.855. The van der Waals surface area contributed by atoms with Crippen molar-refractivity contribution in [3.8, 4) is 17.2 Å². The highest BCUT2D eigenvalue weighted by Crippen LogP contribution is 2.44. The fourth-order valence-electron chi connectivity index (χ4n) is 6.14. The lowest BCUT2D eigenvalue weighted by Crippen LogP contribution is -2.52. The lowest BCUT2D eigenvalue weighted by Gasteiger charge is -2.42. The van der Waals surface area contributed by atoms with Crippen molar-refractivity contribution >= 4 is 17.3 Å². The van der Waals surface area contributed by atoms with Gasteiger partial charge in [0.2, 0.25) is 5.95 Å². The van der Waals surface area contributed by atoms with Crippen LogP contribution in [0.25, 0.3) is 0 Å². The Balaban J connectivity index is 1.08. The van der Waals surface area contributed by atoms with Gasteiger partial charge >= 0.3 is 0 Å². The molecule has 0 bridgehead atoms. The first-order chi connectivity index (χ1) is 21.3. The van der Waals surface area contributed by atoms with E-state index in [1.54, 1.807) is 6.07 Å². The van der Waals surface area contributed by atoms with Crippen LogP contribution in [0.15, 0.2) is 30.6 Å². The standard InChI is InChI=1S/C32H39F3N6O3/c1-39-10-12-40(13-11-39)22-6-8-41(9-7-22)31-26(33)14-21(15-28(31)43-3)38-32-36-17-23(18-37-32)44-19-25-29(34)24(20-4-5-20)16-27(42-2)30(25)35/h14-18,20,22H,4-13,19H2,1-3H3,(H,36,37,38). The van der Waals surface area contributed by atoms with Gasteiger partial charge in [0.25, 0.3) is 0 Å². The van der Waals surface area contributed by atoms with Crippen LogP contribution in [0, 0.1) is 17.5 Å². The van der Waals surface area contributed by atoms with Crippen LogP contribution in [0.2, 0.25) is 0 Å². The number of nitrogens with one attached hydrogen (secondary N) is 1. The quantitative estimate of drug-likeness (QED) is 0.327. The molecule has 0 amide bonds. The summed E-state index contributed by atoms with van der Waals surface area (Å²) >= 11 is 0. The van der Waals surface area contributed by atoms with E-state index >= 15 is 8.78 Å². The minimum Gasteiger partial charge on any atom is -0.494 e. The summed E-state index contributed by atoms with van der Waals surface area (Å²) < 4.78 is 61.7. The maximum atomic E-state index is 15.5. The zero-order chi connectivity index (χ0) is 30.8. The highest BCUT2D eigenvalue weighted by atomic mass is 19.1. The van der Waals surface area contributed by atoms with Crippen LogP contribution >= 0.6 is 0 Å². The summed E-state index contributed by atoms with van der Waals surface area (Å²) in [6.45, 7) is 5.49. The molecule has 1 aromatic heterocycles. The number of ether oxygens (including phenoxy) is 3. The Labute approximate surface area is 255 Å². The average molecular weight is 613 g/mol. The minimum atomic E-state index is -0.785. The van der Waals surface area contributed by atoms with E-state index in [9.17, 15) is 4.39 Å².